The predicted molar refractivity (Wildman–Crippen MR) is 113 cm³/mol. The summed E-state index contributed by atoms with van der Waals surface area (Å²) >= 11 is 0. The summed E-state index contributed by atoms with van der Waals surface area (Å²) in [7, 11) is 0. The Hall–Kier alpha value is -3.53. The molecule has 0 bridgehead atoms. The van der Waals surface area contributed by atoms with Crippen LogP contribution in [0.4, 0.5) is 15.8 Å². The van der Waals surface area contributed by atoms with E-state index in [1.807, 2.05) is 30.0 Å². The fourth-order valence-corrected chi connectivity index (χ4v) is 3.86. The first-order valence-electron chi connectivity index (χ1n) is 10.0. The monoisotopic (exact) mass is 403 g/mol. The van der Waals surface area contributed by atoms with Crippen molar-refractivity contribution in [3.63, 3.8) is 0 Å². The number of halogens is 1. The summed E-state index contributed by atoms with van der Waals surface area (Å²) in [6.07, 6.45) is 4.61. The summed E-state index contributed by atoms with van der Waals surface area (Å²) < 4.78 is 13.8. The molecule has 0 saturated carbocycles. The van der Waals surface area contributed by atoms with Gasteiger partial charge in [0.25, 0.3) is 5.91 Å². The molecule has 1 saturated heterocycles. The number of hydrogen-bond acceptors (Lipinski definition) is 5. The molecule has 152 valence electrons. The highest BCUT2D eigenvalue weighted by molar-refractivity contribution is 6.07. The molecule has 7 heteroatoms. The number of carbonyl (C=O) groups is 1. The molecule has 3 aromatic rings. The van der Waals surface area contributed by atoms with E-state index in [1.54, 1.807) is 12.3 Å². The molecule has 1 fully saturated rings. The molecule has 3 heterocycles. The largest absolute Gasteiger partial charge is 0.354 e. The summed E-state index contributed by atoms with van der Waals surface area (Å²) in [5, 5.41) is 13.1. The normalized spacial score (nSPS) is 16.3. The lowest BCUT2D eigenvalue weighted by Crippen LogP contribution is -2.42. The first-order valence-corrected chi connectivity index (χ1v) is 10.0. The number of fused-ring (bicyclic) bond motifs is 1. The van der Waals surface area contributed by atoms with E-state index in [0.717, 1.165) is 25.0 Å². The highest BCUT2D eigenvalue weighted by atomic mass is 19.1. The topological polar surface area (TPSA) is 81.9 Å². The Bertz CT molecular complexity index is 1170. The first kappa shape index (κ1) is 19.8. The van der Waals surface area contributed by atoms with Gasteiger partial charge in [0.2, 0.25) is 0 Å². The second kappa shape index (κ2) is 8.07. The number of nitriles is 1. The van der Waals surface area contributed by atoms with Crippen LogP contribution in [0, 0.1) is 24.1 Å². The lowest BCUT2D eigenvalue weighted by atomic mass is 10.0. The molecule has 30 heavy (non-hydrogen) atoms. The lowest BCUT2D eigenvalue weighted by Gasteiger charge is -2.34. The van der Waals surface area contributed by atoms with Gasteiger partial charge < -0.3 is 10.2 Å². The van der Waals surface area contributed by atoms with Gasteiger partial charge in [0.1, 0.15) is 11.9 Å². The molecule has 1 atom stereocenters. The second-order valence-electron chi connectivity index (χ2n) is 7.65. The van der Waals surface area contributed by atoms with Crippen LogP contribution in [0.1, 0.15) is 47.8 Å². The molecular weight excluding hydrogens is 381 g/mol. The fourth-order valence-electron chi connectivity index (χ4n) is 3.86. The van der Waals surface area contributed by atoms with E-state index in [-0.39, 0.29) is 17.5 Å². The smallest absolute Gasteiger partial charge is 0.257 e. The van der Waals surface area contributed by atoms with Gasteiger partial charge >= 0.3 is 0 Å². The number of piperidine rings is 1. The molecule has 1 amide bonds. The third-order valence-corrected chi connectivity index (χ3v) is 5.52. The zero-order valence-corrected chi connectivity index (χ0v) is 16.9. The van der Waals surface area contributed by atoms with E-state index in [2.05, 4.69) is 22.2 Å². The van der Waals surface area contributed by atoms with Crippen LogP contribution in [0.25, 0.3) is 11.0 Å². The number of nitrogens with zero attached hydrogens (tertiary/aromatic N) is 4. The maximum absolute atomic E-state index is 13.8. The fraction of sp³-hybridized carbons (Fsp3) is 0.304. The summed E-state index contributed by atoms with van der Waals surface area (Å²) in [6, 6.07) is 9.95. The van der Waals surface area contributed by atoms with Crippen molar-refractivity contribution in [3.8, 4) is 6.07 Å². The minimum Gasteiger partial charge on any atom is -0.354 e. The van der Waals surface area contributed by atoms with Gasteiger partial charge in [-0.3, -0.25) is 4.79 Å². The zero-order chi connectivity index (χ0) is 21.3. The SMILES string of the molecule is Cc1ccc2c(Nc3ccc(F)c(C#N)c3)c(C(=O)N3CCCC[C@@H]3C)cnc2n1. The minimum atomic E-state index is -0.585. The molecular formula is C23H22FN5O. The molecule has 1 aliphatic rings. The highest BCUT2D eigenvalue weighted by Gasteiger charge is 2.27. The van der Waals surface area contributed by atoms with Gasteiger partial charge in [0.15, 0.2) is 5.65 Å². The van der Waals surface area contributed by atoms with Gasteiger partial charge in [0, 0.05) is 35.6 Å². The number of likely N-dealkylation sites (tertiary alicyclic amines) is 1. The third-order valence-electron chi connectivity index (χ3n) is 5.52. The molecule has 1 aliphatic heterocycles. The predicted octanol–water partition coefficient (Wildman–Crippen LogP) is 4.71. The number of aryl methyl sites for hydroxylation is 1. The number of nitrogens with one attached hydrogen (secondary N) is 1. The van der Waals surface area contributed by atoms with Crippen molar-refractivity contribution in [2.45, 2.75) is 39.2 Å². The molecule has 0 spiro atoms. The standard InChI is InChI=1S/C23H22FN5O/c1-14-6-8-18-21(28-17-7-9-20(24)16(11-17)12-25)19(13-26-22(18)27-14)23(30)29-10-4-3-5-15(29)2/h6-9,11,13,15H,3-5,10H2,1-2H3,(H,26,27,28)/t15-/m0/s1. The Morgan fingerprint density at radius 3 is 2.90 bits per heavy atom. The van der Waals surface area contributed by atoms with Crippen molar-refractivity contribution < 1.29 is 9.18 Å². The van der Waals surface area contributed by atoms with Crippen molar-refractivity contribution in [1.29, 1.82) is 5.26 Å². The number of pyridine rings is 2. The van der Waals surface area contributed by atoms with Gasteiger partial charge in [-0.1, -0.05) is 0 Å². The molecule has 1 N–H and O–H groups in total. The van der Waals surface area contributed by atoms with Crippen LogP contribution in [-0.4, -0.2) is 33.4 Å². The quantitative estimate of drug-likeness (QED) is 0.685. The van der Waals surface area contributed by atoms with Gasteiger partial charge in [-0.05, 0) is 63.4 Å². The molecule has 2 aromatic heterocycles. The van der Waals surface area contributed by atoms with Crippen molar-refractivity contribution in [3.05, 3.63) is 59.2 Å². The summed E-state index contributed by atoms with van der Waals surface area (Å²) in [5.41, 5.74) is 2.78. The van der Waals surface area contributed by atoms with Crippen LogP contribution in [0.2, 0.25) is 0 Å². The van der Waals surface area contributed by atoms with Crippen LogP contribution in [-0.2, 0) is 0 Å². The Balaban J connectivity index is 1.83. The maximum atomic E-state index is 13.8. The van der Waals surface area contributed by atoms with Crippen LogP contribution in [0.5, 0.6) is 0 Å². The number of anilines is 2. The highest BCUT2D eigenvalue weighted by Crippen LogP contribution is 2.31. The average molecular weight is 403 g/mol. The summed E-state index contributed by atoms with van der Waals surface area (Å²) in [6.45, 7) is 4.64. The summed E-state index contributed by atoms with van der Waals surface area (Å²) in [4.78, 5) is 24.2. The van der Waals surface area contributed by atoms with Crippen LogP contribution >= 0.6 is 0 Å². The van der Waals surface area contributed by atoms with Crippen LogP contribution < -0.4 is 5.32 Å². The van der Waals surface area contributed by atoms with Crippen molar-refractivity contribution >= 4 is 28.3 Å². The van der Waals surface area contributed by atoms with E-state index in [0.29, 0.717) is 34.5 Å². The second-order valence-corrected chi connectivity index (χ2v) is 7.65. The Kier molecular flexibility index (Phi) is 5.32. The average Bonchev–Trinajstić information content (AvgIpc) is 2.75. The van der Waals surface area contributed by atoms with Gasteiger partial charge in [-0.15, -0.1) is 0 Å². The molecule has 1 aromatic carbocycles. The number of carbonyl (C=O) groups excluding carboxylic acids is 1. The van der Waals surface area contributed by atoms with E-state index < -0.39 is 5.82 Å². The van der Waals surface area contributed by atoms with E-state index in [1.165, 1.54) is 12.1 Å². The first-order chi connectivity index (χ1) is 14.5. The van der Waals surface area contributed by atoms with Gasteiger partial charge in [0.05, 0.1) is 16.8 Å². The van der Waals surface area contributed by atoms with Gasteiger partial charge in [-0.2, -0.15) is 5.26 Å². The molecule has 6 nitrogen and oxygen atoms in total. The number of hydrogen-bond donors (Lipinski definition) is 1. The van der Waals surface area contributed by atoms with E-state index in [4.69, 9.17) is 5.26 Å². The lowest BCUT2D eigenvalue weighted by molar-refractivity contribution is 0.0636. The van der Waals surface area contributed by atoms with Gasteiger partial charge in [-0.25, -0.2) is 14.4 Å². The third kappa shape index (κ3) is 3.69. The molecule has 4 rings (SSSR count). The Morgan fingerprint density at radius 2 is 2.13 bits per heavy atom. The summed E-state index contributed by atoms with van der Waals surface area (Å²) in [5.74, 6) is -0.680. The zero-order valence-electron chi connectivity index (χ0n) is 16.9. The van der Waals surface area contributed by atoms with Crippen molar-refractivity contribution in [1.82, 2.24) is 14.9 Å². The van der Waals surface area contributed by atoms with E-state index in [9.17, 15) is 9.18 Å². The van der Waals surface area contributed by atoms with E-state index >= 15 is 0 Å². The van der Waals surface area contributed by atoms with Crippen molar-refractivity contribution in [2.24, 2.45) is 0 Å². The van der Waals surface area contributed by atoms with Crippen molar-refractivity contribution in [2.75, 3.05) is 11.9 Å². The molecule has 0 aliphatic carbocycles. The number of aromatic nitrogens is 2. The van der Waals surface area contributed by atoms with Crippen LogP contribution in [0.15, 0.2) is 36.5 Å². The Labute approximate surface area is 174 Å². The number of amides is 1. The minimum absolute atomic E-state index is 0.0649. The maximum Gasteiger partial charge on any atom is 0.257 e. The van der Waals surface area contributed by atoms with Crippen LogP contribution in [0.3, 0.4) is 0 Å². The number of benzene rings is 1. The number of rotatable bonds is 3. The molecule has 0 radical (unpaired) electrons. The molecule has 0 unspecified atom stereocenters. The Morgan fingerprint density at radius 1 is 1.30 bits per heavy atom.